The van der Waals surface area contributed by atoms with Gasteiger partial charge in [0, 0.05) is 0 Å². The van der Waals surface area contributed by atoms with Crippen LogP contribution in [0.25, 0.3) is 0 Å². The first kappa shape index (κ1) is 14.6. The molecular formula is C13H16F3NO. The zero-order valence-electron chi connectivity index (χ0n) is 10.1. The van der Waals surface area contributed by atoms with Gasteiger partial charge >= 0.3 is 6.18 Å². The molecule has 1 aromatic carbocycles. The van der Waals surface area contributed by atoms with Gasteiger partial charge in [0.25, 0.3) is 0 Å². The molecule has 0 spiro atoms. The van der Waals surface area contributed by atoms with Crippen LogP contribution in [0.5, 0.6) is 5.75 Å². The van der Waals surface area contributed by atoms with E-state index in [9.17, 15) is 13.2 Å². The fraction of sp³-hybridized carbons (Fsp3) is 0.385. The first-order valence-electron chi connectivity index (χ1n) is 5.58. The summed E-state index contributed by atoms with van der Waals surface area (Å²) in [5, 5.41) is 0. The van der Waals surface area contributed by atoms with Crippen molar-refractivity contribution in [2.24, 2.45) is 5.73 Å². The van der Waals surface area contributed by atoms with Gasteiger partial charge in [-0.2, -0.15) is 13.2 Å². The predicted molar refractivity (Wildman–Crippen MR) is 64.5 cm³/mol. The molecule has 0 bridgehead atoms. The zero-order valence-corrected chi connectivity index (χ0v) is 10.1. The Balaban J connectivity index is 3.12. The van der Waals surface area contributed by atoms with Gasteiger partial charge in [0.1, 0.15) is 11.9 Å². The maximum atomic E-state index is 12.9. The molecule has 1 unspecified atom stereocenters. The van der Waals surface area contributed by atoms with E-state index >= 15 is 0 Å². The fourth-order valence-electron chi connectivity index (χ4n) is 1.47. The second-order valence-corrected chi connectivity index (χ2v) is 3.93. The van der Waals surface area contributed by atoms with E-state index < -0.39 is 17.8 Å². The molecule has 1 rings (SSSR count). The molecule has 0 saturated heterocycles. The van der Waals surface area contributed by atoms with E-state index in [1.165, 1.54) is 12.1 Å². The standard InChI is InChI=1S/C13H16F3NO/c1-3-9(2)18-12-5-4-10(6-7-17)8-11(12)13(14,15)16/h3-5,8-9H,1,6-7,17H2,2H3. The van der Waals surface area contributed by atoms with E-state index in [1.54, 1.807) is 13.0 Å². The zero-order chi connectivity index (χ0) is 13.8. The first-order chi connectivity index (χ1) is 8.38. The van der Waals surface area contributed by atoms with Crippen LogP contribution in [-0.4, -0.2) is 12.6 Å². The smallest absolute Gasteiger partial charge is 0.419 e. The number of alkyl halides is 3. The molecular weight excluding hydrogens is 243 g/mol. The number of nitrogens with two attached hydrogens (primary N) is 1. The van der Waals surface area contributed by atoms with E-state index in [-0.39, 0.29) is 5.75 Å². The van der Waals surface area contributed by atoms with Crippen LogP contribution >= 0.6 is 0 Å². The highest BCUT2D eigenvalue weighted by atomic mass is 19.4. The molecule has 0 radical (unpaired) electrons. The van der Waals surface area contributed by atoms with Crippen LogP contribution in [0.4, 0.5) is 13.2 Å². The second kappa shape index (κ2) is 5.91. The van der Waals surface area contributed by atoms with Crippen LogP contribution in [0.15, 0.2) is 30.9 Å². The summed E-state index contributed by atoms with van der Waals surface area (Å²) >= 11 is 0. The third-order valence-corrected chi connectivity index (χ3v) is 2.43. The van der Waals surface area contributed by atoms with Gasteiger partial charge in [0.15, 0.2) is 0 Å². The molecule has 1 aromatic rings. The van der Waals surface area contributed by atoms with Crippen LogP contribution in [-0.2, 0) is 12.6 Å². The van der Waals surface area contributed by atoms with Gasteiger partial charge in [-0.1, -0.05) is 18.7 Å². The number of halogens is 3. The summed E-state index contributed by atoms with van der Waals surface area (Å²) in [6.45, 7) is 5.40. The summed E-state index contributed by atoms with van der Waals surface area (Å²) in [4.78, 5) is 0. The van der Waals surface area contributed by atoms with Crippen LogP contribution in [0.1, 0.15) is 18.1 Å². The number of hydrogen-bond donors (Lipinski definition) is 1. The molecule has 2 nitrogen and oxygen atoms in total. The molecule has 0 aromatic heterocycles. The SMILES string of the molecule is C=CC(C)Oc1ccc(CCN)cc1C(F)(F)F. The van der Waals surface area contributed by atoms with Crippen LogP contribution < -0.4 is 10.5 Å². The minimum Gasteiger partial charge on any atom is -0.486 e. The average molecular weight is 259 g/mol. The van der Waals surface area contributed by atoms with Gasteiger partial charge in [-0.05, 0) is 37.6 Å². The summed E-state index contributed by atoms with van der Waals surface area (Å²) in [6, 6.07) is 4.00. The third-order valence-electron chi connectivity index (χ3n) is 2.43. The van der Waals surface area contributed by atoms with Crippen molar-refractivity contribution in [3.8, 4) is 5.75 Å². The van der Waals surface area contributed by atoms with Gasteiger partial charge in [-0.15, -0.1) is 0 Å². The average Bonchev–Trinajstić information content (AvgIpc) is 2.30. The summed E-state index contributed by atoms with van der Waals surface area (Å²) in [5.41, 5.74) is 5.10. The Bertz CT molecular complexity index is 415. The van der Waals surface area contributed by atoms with Crippen molar-refractivity contribution in [3.63, 3.8) is 0 Å². The van der Waals surface area contributed by atoms with Crippen molar-refractivity contribution in [1.82, 2.24) is 0 Å². The molecule has 18 heavy (non-hydrogen) atoms. The van der Waals surface area contributed by atoms with Crippen molar-refractivity contribution in [3.05, 3.63) is 42.0 Å². The highest BCUT2D eigenvalue weighted by Crippen LogP contribution is 2.37. The van der Waals surface area contributed by atoms with E-state index in [2.05, 4.69) is 6.58 Å². The Morgan fingerprint density at radius 2 is 2.11 bits per heavy atom. The fourth-order valence-corrected chi connectivity index (χ4v) is 1.47. The molecule has 0 saturated carbocycles. The van der Waals surface area contributed by atoms with Crippen molar-refractivity contribution < 1.29 is 17.9 Å². The topological polar surface area (TPSA) is 35.2 Å². The van der Waals surface area contributed by atoms with Crippen LogP contribution in [0.2, 0.25) is 0 Å². The minimum absolute atomic E-state index is 0.185. The molecule has 1 atom stereocenters. The van der Waals surface area contributed by atoms with E-state index in [0.29, 0.717) is 18.5 Å². The maximum Gasteiger partial charge on any atom is 0.419 e. The van der Waals surface area contributed by atoms with Gasteiger partial charge in [0.05, 0.1) is 5.56 Å². The highest BCUT2D eigenvalue weighted by Gasteiger charge is 2.34. The molecule has 0 heterocycles. The summed E-state index contributed by atoms with van der Waals surface area (Å²) in [7, 11) is 0. The van der Waals surface area contributed by atoms with Gasteiger partial charge < -0.3 is 10.5 Å². The van der Waals surface area contributed by atoms with Crippen LogP contribution in [0.3, 0.4) is 0 Å². The lowest BCUT2D eigenvalue weighted by Crippen LogP contribution is -2.14. The number of rotatable bonds is 5. The van der Waals surface area contributed by atoms with Crippen molar-refractivity contribution in [2.45, 2.75) is 25.6 Å². The molecule has 100 valence electrons. The normalized spacial score (nSPS) is 13.2. The molecule has 5 heteroatoms. The lowest BCUT2D eigenvalue weighted by Gasteiger charge is -2.17. The van der Waals surface area contributed by atoms with Crippen LogP contribution in [0, 0.1) is 0 Å². The lowest BCUT2D eigenvalue weighted by molar-refractivity contribution is -0.139. The number of hydrogen-bond acceptors (Lipinski definition) is 2. The lowest BCUT2D eigenvalue weighted by atomic mass is 10.1. The predicted octanol–water partition coefficient (Wildman–Crippen LogP) is 3.16. The van der Waals surface area contributed by atoms with Gasteiger partial charge in [-0.3, -0.25) is 0 Å². The Morgan fingerprint density at radius 3 is 2.61 bits per heavy atom. The molecule has 0 aliphatic heterocycles. The Kier molecular flexibility index (Phi) is 4.78. The largest absolute Gasteiger partial charge is 0.486 e. The molecule has 0 aliphatic rings. The highest BCUT2D eigenvalue weighted by molar-refractivity contribution is 5.39. The molecule has 0 aliphatic carbocycles. The second-order valence-electron chi connectivity index (χ2n) is 3.93. The van der Waals surface area contributed by atoms with Gasteiger partial charge in [0.2, 0.25) is 0 Å². The monoisotopic (exact) mass is 259 g/mol. The summed E-state index contributed by atoms with van der Waals surface area (Å²) in [6.07, 6.45) is -3.08. The summed E-state index contributed by atoms with van der Waals surface area (Å²) < 4.78 is 43.8. The maximum absolute atomic E-state index is 12.9. The van der Waals surface area contributed by atoms with E-state index in [0.717, 1.165) is 6.07 Å². The van der Waals surface area contributed by atoms with Gasteiger partial charge in [-0.25, -0.2) is 0 Å². The quantitative estimate of drug-likeness (QED) is 0.824. The number of ether oxygens (including phenoxy) is 1. The molecule has 0 fully saturated rings. The Hall–Kier alpha value is -1.49. The third kappa shape index (κ3) is 3.77. The minimum atomic E-state index is -4.44. The molecule has 0 amide bonds. The number of benzene rings is 1. The van der Waals surface area contributed by atoms with Crippen molar-refractivity contribution in [1.29, 1.82) is 0 Å². The first-order valence-corrected chi connectivity index (χ1v) is 5.58. The Labute approximate surface area is 104 Å². The van der Waals surface area contributed by atoms with E-state index in [1.807, 2.05) is 0 Å². The Morgan fingerprint density at radius 1 is 1.44 bits per heavy atom. The summed E-state index contributed by atoms with van der Waals surface area (Å²) in [5.74, 6) is -0.185. The van der Waals surface area contributed by atoms with Crippen molar-refractivity contribution >= 4 is 0 Å². The molecule has 2 N–H and O–H groups in total. The van der Waals surface area contributed by atoms with Crippen molar-refractivity contribution in [2.75, 3.05) is 6.54 Å². The van der Waals surface area contributed by atoms with E-state index in [4.69, 9.17) is 10.5 Å².